The van der Waals surface area contributed by atoms with Gasteiger partial charge < -0.3 is 47.4 Å². The molecule has 380 valence electrons. The molecule has 8 aromatic carbocycles. The van der Waals surface area contributed by atoms with Crippen molar-refractivity contribution in [1.82, 2.24) is 0 Å². The van der Waals surface area contributed by atoms with Crippen LogP contribution in [-0.2, 0) is 21.4 Å². The SMILES string of the molecule is CCCCC(OC(=O)OC(CCCC)c1ccc(C(Oc2ccccc2)(Oc2ccccc2)Oc2ccc(OC)cc2)cc1)c1ccc(C(Oc2ccccc2)(Oc2ccccc2)Oc2ccc(OC)cc2)cc1. The Morgan fingerprint density at radius 1 is 0.351 bits per heavy atom. The van der Waals surface area contributed by atoms with Crippen LogP contribution in [0.5, 0.6) is 46.0 Å². The third-order valence-corrected chi connectivity index (χ3v) is 12.0. The molecule has 8 rings (SSSR count). The first-order chi connectivity index (χ1) is 36.3. The number of benzene rings is 8. The van der Waals surface area contributed by atoms with E-state index in [4.69, 9.17) is 47.4 Å². The van der Waals surface area contributed by atoms with Crippen LogP contribution in [0.1, 0.15) is 86.8 Å². The molecule has 8 aromatic rings. The van der Waals surface area contributed by atoms with Gasteiger partial charge in [-0.05, 0) is 158 Å². The van der Waals surface area contributed by atoms with Crippen molar-refractivity contribution < 1.29 is 52.2 Å². The molecule has 0 amide bonds. The van der Waals surface area contributed by atoms with Crippen molar-refractivity contribution >= 4 is 6.16 Å². The van der Waals surface area contributed by atoms with Gasteiger partial charge in [-0.15, -0.1) is 0 Å². The minimum absolute atomic E-state index is 0.475. The van der Waals surface area contributed by atoms with Gasteiger partial charge in [0, 0.05) is 0 Å². The zero-order chi connectivity index (χ0) is 51.4. The van der Waals surface area contributed by atoms with E-state index in [2.05, 4.69) is 13.8 Å². The van der Waals surface area contributed by atoms with Crippen LogP contribution in [0.25, 0.3) is 0 Å². The van der Waals surface area contributed by atoms with E-state index in [0.29, 0.717) is 70.0 Å². The highest BCUT2D eigenvalue weighted by molar-refractivity contribution is 5.61. The van der Waals surface area contributed by atoms with E-state index in [1.54, 1.807) is 62.8 Å². The molecule has 2 atom stereocenters. The Labute approximate surface area is 434 Å². The first kappa shape index (κ1) is 51.8. The molecule has 0 aliphatic rings. The van der Waals surface area contributed by atoms with Crippen molar-refractivity contribution in [3.8, 4) is 46.0 Å². The molecule has 0 aliphatic carbocycles. The highest BCUT2D eigenvalue weighted by Gasteiger charge is 2.43. The molecule has 0 saturated heterocycles. The standard InChI is InChI=1S/C63H62O11/c1-5-7-29-59(47-31-35-49(36-32-47)62(69-53-21-13-9-14-22-53,70-54-23-15-10-16-24-54)73-57-43-39-51(65-3)40-44-57)67-61(64)68-60(30-8-6-2)48-33-37-50(38-34-48)63(71-55-25-17-11-18-26-55,72-56-27-19-12-20-28-56)74-58-45-41-52(66-4)42-46-58/h9-28,31-46,59-60H,5-8,29-30H2,1-4H3. The maximum atomic E-state index is 14.1. The molecule has 74 heavy (non-hydrogen) atoms. The van der Waals surface area contributed by atoms with Gasteiger partial charge in [0.2, 0.25) is 0 Å². The normalized spacial score (nSPS) is 12.1. The van der Waals surface area contributed by atoms with Crippen molar-refractivity contribution in [3.05, 3.63) is 241 Å². The fraction of sp³-hybridized carbons (Fsp3) is 0.222. The molecule has 11 nitrogen and oxygen atoms in total. The third kappa shape index (κ3) is 13.9. The lowest BCUT2D eigenvalue weighted by atomic mass is 10.0. The van der Waals surface area contributed by atoms with Gasteiger partial charge >= 0.3 is 18.1 Å². The average Bonchev–Trinajstić information content (AvgIpc) is 3.44. The second kappa shape index (κ2) is 25.7. The van der Waals surface area contributed by atoms with E-state index in [0.717, 1.165) is 36.8 Å². The number of hydrogen-bond acceptors (Lipinski definition) is 11. The van der Waals surface area contributed by atoms with Gasteiger partial charge in [0.05, 0.1) is 25.3 Å². The molecule has 0 radical (unpaired) electrons. The first-order valence-corrected chi connectivity index (χ1v) is 25.0. The van der Waals surface area contributed by atoms with E-state index in [1.165, 1.54) is 0 Å². The second-order valence-electron chi connectivity index (χ2n) is 17.3. The summed E-state index contributed by atoms with van der Waals surface area (Å²) in [6.45, 7) is 4.20. The van der Waals surface area contributed by atoms with Gasteiger partial charge in [-0.2, -0.15) is 0 Å². The minimum atomic E-state index is -1.81. The number of methoxy groups -OCH3 is 2. The number of carbonyl (C=O) groups is 1. The van der Waals surface area contributed by atoms with Crippen molar-refractivity contribution in [1.29, 1.82) is 0 Å². The van der Waals surface area contributed by atoms with Crippen LogP contribution < -0.4 is 37.9 Å². The molecular formula is C63H62O11. The molecule has 11 heteroatoms. The number of para-hydroxylation sites is 4. The van der Waals surface area contributed by atoms with Crippen LogP contribution in [0.2, 0.25) is 0 Å². The lowest BCUT2D eigenvalue weighted by Gasteiger charge is -2.34. The molecule has 0 aliphatic heterocycles. The summed E-state index contributed by atoms with van der Waals surface area (Å²) < 4.78 is 63.6. The summed E-state index contributed by atoms with van der Waals surface area (Å²) in [6, 6.07) is 66.8. The lowest BCUT2D eigenvalue weighted by molar-refractivity contribution is -0.264. The number of unbranched alkanes of at least 4 members (excludes halogenated alkanes) is 2. The largest absolute Gasteiger partial charge is 0.509 e. The van der Waals surface area contributed by atoms with E-state index in [1.807, 2.05) is 170 Å². The fourth-order valence-corrected chi connectivity index (χ4v) is 8.08. The van der Waals surface area contributed by atoms with Crippen LogP contribution in [-0.4, -0.2) is 20.4 Å². The van der Waals surface area contributed by atoms with Gasteiger partial charge in [0.15, 0.2) is 0 Å². The smallest absolute Gasteiger partial charge is 0.497 e. The monoisotopic (exact) mass is 994 g/mol. The van der Waals surface area contributed by atoms with Crippen LogP contribution in [0.4, 0.5) is 4.79 Å². The fourth-order valence-electron chi connectivity index (χ4n) is 8.08. The van der Waals surface area contributed by atoms with E-state index >= 15 is 0 Å². The highest BCUT2D eigenvalue weighted by Crippen LogP contribution is 2.39. The summed E-state index contributed by atoms with van der Waals surface area (Å²) in [5.41, 5.74) is 2.62. The van der Waals surface area contributed by atoms with Crippen LogP contribution in [0.15, 0.2) is 218 Å². The number of rotatable bonds is 26. The highest BCUT2D eigenvalue weighted by atomic mass is 16.9. The quantitative estimate of drug-likeness (QED) is 0.0382. The van der Waals surface area contributed by atoms with E-state index < -0.39 is 30.3 Å². The molecule has 0 bridgehead atoms. The van der Waals surface area contributed by atoms with Crippen molar-refractivity contribution in [2.24, 2.45) is 0 Å². The zero-order valence-electron chi connectivity index (χ0n) is 42.2. The summed E-state index contributed by atoms with van der Waals surface area (Å²) in [7, 11) is 3.22. The van der Waals surface area contributed by atoms with Gasteiger partial charge in [0.1, 0.15) is 58.2 Å². The van der Waals surface area contributed by atoms with Crippen LogP contribution >= 0.6 is 0 Å². The van der Waals surface area contributed by atoms with Crippen molar-refractivity contribution in [2.45, 2.75) is 76.5 Å². The number of carbonyl (C=O) groups excluding carboxylic acids is 1. The van der Waals surface area contributed by atoms with E-state index in [-0.39, 0.29) is 0 Å². The predicted molar refractivity (Wildman–Crippen MR) is 284 cm³/mol. The van der Waals surface area contributed by atoms with Gasteiger partial charge in [-0.3, -0.25) is 0 Å². The van der Waals surface area contributed by atoms with Gasteiger partial charge in [-0.1, -0.05) is 124 Å². The summed E-state index contributed by atoms with van der Waals surface area (Å²) in [4.78, 5) is 14.1. The minimum Gasteiger partial charge on any atom is -0.497 e. The topological polar surface area (TPSA) is 109 Å². The summed E-state index contributed by atoms with van der Waals surface area (Å²) >= 11 is 0. The Balaban J connectivity index is 1.07. The maximum Gasteiger partial charge on any atom is 0.509 e. The Hall–Kier alpha value is -8.57. The third-order valence-electron chi connectivity index (χ3n) is 12.0. The molecule has 0 saturated carbocycles. The molecule has 2 unspecified atom stereocenters. The molecule has 0 fully saturated rings. The average molecular weight is 995 g/mol. The lowest BCUT2D eigenvalue weighted by Crippen LogP contribution is -2.45. The van der Waals surface area contributed by atoms with Gasteiger partial charge in [-0.25, -0.2) is 4.79 Å². The molecule has 0 spiro atoms. The molecule has 0 aromatic heterocycles. The summed E-state index contributed by atoms with van der Waals surface area (Å²) in [5, 5.41) is 0. The van der Waals surface area contributed by atoms with Crippen molar-refractivity contribution in [2.75, 3.05) is 14.2 Å². The van der Waals surface area contributed by atoms with Crippen LogP contribution in [0.3, 0.4) is 0 Å². The van der Waals surface area contributed by atoms with Crippen LogP contribution in [0, 0.1) is 0 Å². The maximum absolute atomic E-state index is 14.1. The Kier molecular flexibility index (Phi) is 18.0. The zero-order valence-corrected chi connectivity index (χ0v) is 42.2. The molecular weight excluding hydrogens is 933 g/mol. The molecule has 0 heterocycles. The summed E-state index contributed by atoms with van der Waals surface area (Å²) in [5.74, 6) is 0.743. The summed E-state index contributed by atoms with van der Waals surface area (Å²) in [6.07, 6.45) is 2.46. The molecule has 0 N–H and O–H groups in total. The van der Waals surface area contributed by atoms with E-state index in [9.17, 15) is 4.79 Å². The Morgan fingerprint density at radius 2 is 0.608 bits per heavy atom. The Morgan fingerprint density at radius 3 is 0.865 bits per heavy atom. The van der Waals surface area contributed by atoms with Gasteiger partial charge in [0.25, 0.3) is 0 Å². The van der Waals surface area contributed by atoms with Crippen molar-refractivity contribution in [3.63, 3.8) is 0 Å². The number of ether oxygens (including phenoxy) is 10. The second-order valence-corrected chi connectivity index (χ2v) is 17.3. The Bertz CT molecular complexity index is 2600. The predicted octanol–water partition coefficient (Wildman–Crippen LogP) is 15.7. The number of hydrogen-bond donors (Lipinski definition) is 0. The first-order valence-electron chi connectivity index (χ1n) is 25.0.